The van der Waals surface area contributed by atoms with Crippen LogP contribution in [0.25, 0.3) is 0 Å². The van der Waals surface area contributed by atoms with Crippen LogP contribution < -0.4 is 10.5 Å². The van der Waals surface area contributed by atoms with Gasteiger partial charge in [0.25, 0.3) is 0 Å². The Balaban J connectivity index is 0.00000116. The third-order valence-corrected chi connectivity index (χ3v) is 4.26. The Hall–Kier alpha value is -1.02. The maximum atomic E-state index is 5.84. The molecule has 0 radical (unpaired) electrons. The topological polar surface area (TPSA) is 35.2 Å². The molecule has 22 heavy (non-hydrogen) atoms. The van der Waals surface area contributed by atoms with Crippen molar-refractivity contribution in [1.29, 1.82) is 0 Å². The summed E-state index contributed by atoms with van der Waals surface area (Å²) in [6.07, 6.45) is 11.7. The second-order valence-electron chi connectivity index (χ2n) is 6.05. The largest absolute Gasteiger partial charge is 0.494 e. The normalized spacial score (nSPS) is 15.0. The molecule has 0 bridgehead atoms. The molecule has 1 saturated carbocycles. The van der Waals surface area contributed by atoms with Crippen molar-refractivity contribution in [1.82, 2.24) is 0 Å². The number of rotatable bonds is 8. The van der Waals surface area contributed by atoms with Gasteiger partial charge in [-0.15, -0.1) is 0 Å². The van der Waals surface area contributed by atoms with Crippen LogP contribution in [0.3, 0.4) is 0 Å². The minimum atomic E-state index is 0.789. The molecule has 1 aromatic carbocycles. The van der Waals surface area contributed by atoms with Crippen molar-refractivity contribution >= 4 is 0 Å². The molecule has 126 valence electrons. The Bertz CT molecular complexity index is 372. The lowest BCUT2D eigenvalue weighted by Gasteiger charge is -2.21. The van der Waals surface area contributed by atoms with E-state index in [1.54, 1.807) is 0 Å². The van der Waals surface area contributed by atoms with E-state index in [4.69, 9.17) is 10.5 Å². The molecule has 0 unspecified atom stereocenters. The van der Waals surface area contributed by atoms with Crippen molar-refractivity contribution in [3.8, 4) is 5.75 Å². The zero-order chi connectivity index (χ0) is 16.0. The molecule has 2 N–H and O–H groups in total. The number of benzene rings is 1. The van der Waals surface area contributed by atoms with E-state index in [9.17, 15) is 0 Å². The zero-order valence-corrected chi connectivity index (χ0v) is 14.7. The van der Waals surface area contributed by atoms with Crippen molar-refractivity contribution < 1.29 is 4.74 Å². The van der Waals surface area contributed by atoms with E-state index in [0.29, 0.717) is 0 Å². The molecule has 2 rings (SSSR count). The van der Waals surface area contributed by atoms with Crippen molar-refractivity contribution in [2.24, 2.45) is 11.7 Å². The van der Waals surface area contributed by atoms with Gasteiger partial charge in [0.05, 0.1) is 6.61 Å². The highest BCUT2D eigenvalue weighted by molar-refractivity contribution is 5.28. The maximum absolute atomic E-state index is 5.84. The van der Waals surface area contributed by atoms with Gasteiger partial charge in [0.15, 0.2) is 0 Å². The first-order valence-corrected chi connectivity index (χ1v) is 9.30. The minimum Gasteiger partial charge on any atom is -0.494 e. The van der Waals surface area contributed by atoms with Crippen LogP contribution in [0.15, 0.2) is 24.3 Å². The first kappa shape index (κ1) is 19.0. The summed E-state index contributed by atoms with van der Waals surface area (Å²) in [6.45, 7) is 5.60. The predicted molar refractivity (Wildman–Crippen MR) is 96.5 cm³/mol. The van der Waals surface area contributed by atoms with E-state index < -0.39 is 0 Å². The van der Waals surface area contributed by atoms with Crippen LogP contribution >= 0.6 is 0 Å². The fourth-order valence-corrected chi connectivity index (χ4v) is 3.10. The predicted octanol–water partition coefficient (Wildman–Crippen LogP) is 5.34. The molecule has 1 aliphatic rings. The first-order chi connectivity index (χ1) is 10.9. The summed E-state index contributed by atoms with van der Waals surface area (Å²) < 4.78 is 5.84. The molecule has 0 aromatic heterocycles. The molecule has 0 aliphatic heterocycles. The third-order valence-electron chi connectivity index (χ3n) is 4.26. The standard InChI is InChI=1S/C18H29NO.C2H6/c19-12-5-2-6-13-20-18-11-7-10-17(15-18)14-16-8-3-1-4-9-16;1-2/h7,10-11,15-16H,1-6,8-9,12-14,19H2;1-2H3. The maximum Gasteiger partial charge on any atom is 0.119 e. The van der Waals surface area contributed by atoms with Crippen LogP contribution in [0.2, 0.25) is 0 Å². The lowest BCUT2D eigenvalue weighted by atomic mass is 9.85. The highest BCUT2D eigenvalue weighted by Gasteiger charge is 2.13. The second-order valence-corrected chi connectivity index (χ2v) is 6.05. The molecular weight excluding hydrogens is 270 g/mol. The number of hydrogen-bond acceptors (Lipinski definition) is 2. The van der Waals surface area contributed by atoms with Crippen LogP contribution in [0.1, 0.15) is 70.8 Å². The summed E-state index contributed by atoms with van der Waals surface area (Å²) in [4.78, 5) is 0. The Morgan fingerprint density at radius 3 is 2.55 bits per heavy atom. The Labute approximate surface area is 137 Å². The van der Waals surface area contributed by atoms with Gasteiger partial charge in [-0.2, -0.15) is 0 Å². The molecule has 2 heteroatoms. The molecule has 1 fully saturated rings. The smallest absolute Gasteiger partial charge is 0.119 e. The van der Waals surface area contributed by atoms with E-state index in [2.05, 4.69) is 24.3 Å². The van der Waals surface area contributed by atoms with Gasteiger partial charge in [-0.1, -0.05) is 58.1 Å². The fraction of sp³-hybridized carbons (Fsp3) is 0.700. The number of unbranched alkanes of at least 4 members (excludes halogenated alkanes) is 2. The van der Waals surface area contributed by atoms with Crippen molar-refractivity contribution in [3.05, 3.63) is 29.8 Å². The van der Waals surface area contributed by atoms with Crippen LogP contribution in [-0.4, -0.2) is 13.2 Å². The van der Waals surface area contributed by atoms with Gasteiger partial charge in [-0.3, -0.25) is 0 Å². The third kappa shape index (κ3) is 7.84. The average Bonchev–Trinajstić information content (AvgIpc) is 2.58. The molecule has 0 spiro atoms. The Kier molecular flexibility index (Phi) is 10.8. The molecule has 0 heterocycles. The minimum absolute atomic E-state index is 0.789. The summed E-state index contributed by atoms with van der Waals surface area (Å²) in [5.41, 5.74) is 6.93. The van der Waals surface area contributed by atoms with E-state index >= 15 is 0 Å². The zero-order valence-electron chi connectivity index (χ0n) is 14.7. The van der Waals surface area contributed by atoms with Gasteiger partial charge in [0.2, 0.25) is 0 Å². The quantitative estimate of drug-likeness (QED) is 0.658. The van der Waals surface area contributed by atoms with E-state index in [-0.39, 0.29) is 0 Å². The molecular formula is C20H35NO. The van der Waals surface area contributed by atoms with E-state index in [1.165, 1.54) is 44.1 Å². The molecule has 1 aromatic rings. The summed E-state index contributed by atoms with van der Waals surface area (Å²) in [7, 11) is 0. The summed E-state index contributed by atoms with van der Waals surface area (Å²) in [5, 5.41) is 0. The summed E-state index contributed by atoms with van der Waals surface area (Å²) in [5.74, 6) is 1.93. The number of hydrogen-bond donors (Lipinski definition) is 1. The first-order valence-electron chi connectivity index (χ1n) is 9.30. The molecule has 2 nitrogen and oxygen atoms in total. The summed E-state index contributed by atoms with van der Waals surface area (Å²) >= 11 is 0. The molecule has 0 atom stereocenters. The van der Waals surface area contributed by atoms with Gasteiger partial charge < -0.3 is 10.5 Å². The van der Waals surface area contributed by atoms with Crippen LogP contribution in [0.5, 0.6) is 5.75 Å². The van der Waals surface area contributed by atoms with Gasteiger partial charge in [-0.25, -0.2) is 0 Å². The monoisotopic (exact) mass is 305 g/mol. The fourth-order valence-electron chi connectivity index (χ4n) is 3.10. The van der Waals surface area contributed by atoms with Crippen LogP contribution in [0.4, 0.5) is 0 Å². The highest BCUT2D eigenvalue weighted by atomic mass is 16.5. The average molecular weight is 306 g/mol. The molecule has 1 aliphatic carbocycles. The Morgan fingerprint density at radius 2 is 1.82 bits per heavy atom. The van der Waals surface area contributed by atoms with Gasteiger partial charge in [-0.05, 0) is 55.8 Å². The lowest BCUT2D eigenvalue weighted by molar-refractivity contribution is 0.304. The van der Waals surface area contributed by atoms with E-state index in [1.807, 2.05) is 13.8 Å². The SMILES string of the molecule is CC.NCCCCCOc1cccc(CC2CCCCC2)c1. The highest BCUT2D eigenvalue weighted by Crippen LogP contribution is 2.27. The Morgan fingerprint density at radius 1 is 1.05 bits per heavy atom. The van der Waals surface area contributed by atoms with E-state index in [0.717, 1.165) is 44.1 Å². The molecule has 0 saturated heterocycles. The van der Waals surface area contributed by atoms with Crippen molar-refractivity contribution in [2.45, 2.75) is 71.6 Å². The second kappa shape index (κ2) is 12.5. The van der Waals surface area contributed by atoms with Gasteiger partial charge in [0.1, 0.15) is 5.75 Å². The van der Waals surface area contributed by atoms with Gasteiger partial charge in [0, 0.05) is 0 Å². The van der Waals surface area contributed by atoms with Gasteiger partial charge >= 0.3 is 0 Å². The van der Waals surface area contributed by atoms with Crippen molar-refractivity contribution in [3.63, 3.8) is 0 Å². The number of ether oxygens (including phenoxy) is 1. The number of nitrogens with two attached hydrogens (primary N) is 1. The van der Waals surface area contributed by atoms with Crippen LogP contribution in [-0.2, 0) is 6.42 Å². The van der Waals surface area contributed by atoms with Crippen LogP contribution in [0, 0.1) is 5.92 Å². The summed E-state index contributed by atoms with van der Waals surface area (Å²) in [6, 6.07) is 8.69. The van der Waals surface area contributed by atoms with Crippen molar-refractivity contribution in [2.75, 3.05) is 13.2 Å². The molecule has 0 amide bonds. The lowest BCUT2D eigenvalue weighted by Crippen LogP contribution is -2.09.